The summed E-state index contributed by atoms with van der Waals surface area (Å²) >= 11 is 0. The Morgan fingerprint density at radius 2 is 1.22 bits per heavy atom. The number of carbonyl (C=O) groups excluding carboxylic acids is 6. The molecule has 312 valence electrons. The second kappa shape index (κ2) is 19.6. The van der Waals surface area contributed by atoms with E-state index >= 15 is 0 Å². The number of hydrogen-bond acceptors (Lipinski definition) is 7. The zero-order valence-corrected chi connectivity index (χ0v) is 33.8. The Morgan fingerprint density at radius 1 is 0.678 bits per heavy atom. The highest BCUT2D eigenvalue weighted by atomic mass is 16.2. The number of amides is 6. The molecule has 3 heterocycles. The number of fused-ring (bicyclic) bond motifs is 1. The van der Waals surface area contributed by atoms with E-state index in [0.717, 1.165) is 27.6 Å². The molecule has 0 radical (unpaired) electrons. The Kier molecular flexibility index (Phi) is 14.2. The number of hydrogen-bond donors (Lipinski definition) is 6. The van der Waals surface area contributed by atoms with E-state index in [9.17, 15) is 28.8 Å². The lowest BCUT2D eigenvalue weighted by atomic mass is 10.0. The SMILES string of the molecule is CC(C)CC(NC(=O)C(Cc1c[nH]c2ccccc12)NC(=O)C1CCCN1C(=O)C(Cc1ccccc1)NC(=O)C1CCCN1C(=O)C(N)Cc1ccccc1)C(N)=O. The zero-order valence-electron chi connectivity index (χ0n) is 33.8. The minimum atomic E-state index is -1.10. The van der Waals surface area contributed by atoms with E-state index < -0.39 is 65.8 Å². The van der Waals surface area contributed by atoms with Crippen LogP contribution in [0.4, 0.5) is 0 Å². The molecule has 6 unspecified atom stereocenters. The fourth-order valence-electron chi connectivity index (χ4n) is 8.28. The Balaban J connectivity index is 1.20. The van der Waals surface area contributed by atoms with E-state index in [1.54, 1.807) is 6.20 Å². The van der Waals surface area contributed by atoms with Crippen molar-refractivity contribution in [2.75, 3.05) is 13.1 Å². The summed E-state index contributed by atoms with van der Waals surface area (Å²) in [7, 11) is 0. The summed E-state index contributed by atoms with van der Waals surface area (Å²) in [6.07, 6.45) is 4.59. The van der Waals surface area contributed by atoms with E-state index in [1.807, 2.05) is 98.8 Å². The summed E-state index contributed by atoms with van der Waals surface area (Å²) in [6, 6.07) is 20.7. The first kappa shape index (κ1) is 42.6. The molecule has 59 heavy (non-hydrogen) atoms. The highest BCUT2D eigenvalue weighted by Gasteiger charge is 2.42. The van der Waals surface area contributed by atoms with Gasteiger partial charge in [0.15, 0.2) is 0 Å². The Hall–Kier alpha value is -6.02. The van der Waals surface area contributed by atoms with Gasteiger partial charge in [0.25, 0.3) is 0 Å². The van der Waals surface area contributed by atoms with Crippen LogP contribution < -0.4 is 27.4 Å². The van der Waals surface area contributed by atoms with Crippen LogP contribution in [0.1, 0.15) is 62.6 Å². The van der Waals surface area contributed by atoms with Crippen LogP contribution >= 0.6 is 0 Å². The lowest BCUT2D eigenvalue weighted by Crippen LogP contribution is -2.59. The van der Waals surface area contributed by atoms with Crippen LogP contribution in [-0.2, 0) is 48.0 Å². The number of benzene rings is 3. The summed E-state index contributed by atoms with van der Waals surface area (Å²) in [5.41, 5.74) is 15.4. The van der Waals surface area contributed by atoms with Crippen molar-refractivity contribution in [1.82, 2.24) is 30.7 Å². The molecule has 1 aromatic heterocycles. The number of primary amides is 1. The number of nitrogens with zero attached hydrogens (tertiary/aromatic N) is 2. The van der Waals surface area contributed by atoms with Crippen LogP contribution in [0.3, 0.4) is 0 Å². The van der Waals surface area contributed by atoms with Gasteiger partial charge in [-0.3, -0.25) is 28.8 Å². The van der Waals surface area contributed by atoms with Crippen LogP contribution in [0.15, 0.2) is 91.1 Å². The third-order valence-electron chi connectivity index (χ3n) is 11.3. The van der Waals surface area contributed by atoms with Crippen molar-refractivity contribution in [3.05, 3.63) is 108 Å². The molecule has 0 saturated carbocycles. The summed E-state index contributed by atoms with van der Waals surface area (Å²) < 4.78 is 0. The van der Waals surface area contributed by atoms with Crippen molar-refractivity contribution < 1.29 is 28.8 Å². The van der Waals surface area contributed by atoms with Crippen LogP contribution in [-0.4, -0.2) is 99.6 Å². The van der Waals surface area contributed by atoms with Crippen LogP contribution in [0.25, 0.3) is 10.9 Å². The molecular weight excluding hydrogens is 749 g/mol. The van der Waals surface area contributed by atoms with Gasteiger partial charge in [0.2, 0.25) is 35.4 Å². The van der Waals surface area contributed by atoms with Crippen molar-refractivity contribution >= 4 is 46.3 Å². The molecule has 2 saturated heterocycles. The molecule has 14 heteroatoms. The molecule has 2 aliphatic heterocycles. The van der Waals surface area contributed by atoms with Gasteiger partial charge in [0.05, 0.1) is 6.04 Å². The minimum Gasteiger partial charge on any atom is -0.368 e. The van der Waals surface area contributed by atoms with E-state index in [-0.39, 0.29) is 31.2 Å². The van der Waals surface area contributed by atoms with E-state index in [4.69, 9.17) is 11.5 Å². The summed E-state index contributed by atoms with van der Waals surface area (Å²) in [5, 5.41) is 9.51. The molecule has 2 fully saturated rings. The van der Waals surface area contributed by atoms with E-state index in [2.05, 4.69) is 20.9 Å². The van der Waals surface area contributed by atoms with Crippen LogP contribution in [0, 0.1) is 5.92 Å². The lowest BCUT2D eigenvalue weighted by molar-refractivity contribution is -0.144. The molecular formula is C45H56N8O6. The number of nitrogens with one attached hydrogen (secondary N) is 4. The quantitative estimate of drug-likeness (QED) is 0.0938. The van der Waals surface area contributed by atoms with Gasteiger partial charge in [-0.05, 0) is 67.2 Å². The summed E-state index contributed by atoms with van der Waals surface area (Å²) in [5.74, 6) is -2.95. The Morgan fingerprint density at radius 3 is 1.81 bits per heavy atom. The fraction of sp³-hybridized carbons (Fsp3) is 0.422. The second-order valence-corrected chi connectivity index (χ2v) is 16.1. The first-order valence-electron chi connectivity index (χ1n) is 20.6. The summed E-state index contributed by atoms with van der Waals surface area (Å²) in [6.45, 7) is 4.46. The van der Waals surface area contributed by atoms with Gasteiger partial charge in [0.1, 0.15) is 30.2 Å². The number of aromatic nitrogens is 1. The lowest BCUT2D eigenvalue weighted by Gasteiger charge is -2.32. The smallest absolute Gasteiger partial charge is 0.246 e. The van der Waals surface area contributed by atoms with Gasteiger partial charge < -0.3 is 42.2 Å². The first-order chi connectivity index (χ1) is 28.4. The van der Waals surface area contributed by atoms with Crippen molar-refractivity contribution in [2.45, 2.75) is 101 Å². The fourth-order valence-corrected chi connectivity index (χ4v) is 8.28. The van der Waals surface area contributed by atoms with Crippen molar-refractivity contribution in [3.63, 3.8) is 0 Å². The molecule has 6 amide bonds. The van der Waals surface area contributed by atoms with Crippen molar-refractivity contribution in [1.29, 1.82) is 0 Å². The van der Waals surface area contributed by atoms with Gasteiger partial charge in [-0.2, -0.15) is 0 Å². The molecule has 0 aliphatic carbocycles. The maximum absolute atomic E-state index is 14.6. The van der Waals surface area contributed by atoms with E-state index in [0.29, 0.717) is 45.1 Å². The first-order valence-corrected chi connectivity index (χ1v) is 20.6. The minimum absolute atomic E-state index is 0.0614. The van der Waals surface area contributed by atoms with Gasteiger partial charge in [0, 0.05) is 43.0 Å². The largest absolute Gasteiger partial charge is 0.368 e. The molecule has 0 bridgehead atoms. The van der Waals surface area contributed by atoms with Gasteiger partial charge in [-0.1, -0.05) is 92.7 Å². The molecule has 8 N–H and O–H groups in total. The molecule has 6 atom stereocenters. The normalized spacial score (nSPS) is 18.6. The second-order valence-electron chi connectivity index (χ2n) is 16.1. The number of aromatic amines is 1. The van der Waals surface area contributed by atoms with E-state index in [1.165, 1.54) is 9.80 Å². The molecule has 4 aromatic rings. The maximum atomic E-state index is 14.6. The maximum Gasteiger partial charge on any atom is 0.246 e. The molecule has 2 aliphatic rings. The van der Waals surface area contributed by atoms with Crippen LogP contribution in [0.2, 0.25) is 0 Å². The summed E-state index contributed by atoms with van der Waals surface area (Å²) in [4.78, 5) is 89.0. The third kappa shape index (κ3) is 10.7. The molecule has 6 rings (SSSR count). The number of nitrogens with two attached hydrogens (primary N) is 2. The third-order valence-corrected chi connectivity index (χ3v) is 11.3. The van der Waals surface area contributed by atoms with Gasteiger partial charge in [-0.15, -0.1) is 0 Å². The average molecular weight is 805 g/mol. The monoisotopic (exact) mass is 804 g/mol. The van der Waals surface area contributed by atoms with Crippen molar-refractivity contribution in [2.24, 2.45) is 17.4 Å². The average Bonchev–Trinajstić information content (AvgIpc) is 4.01. The molecule has 0 spiro atoms. The van der Waals surface area contributed by atoms with Gasteiger partial charge in [-0.25, -0.2) is 0 Å². The number of H-pyrrole nitrogens is 1. The number of carbonyl (C=O) groups is 6. The highest BCUT2D eigenvalue weighted by Crippen LogP contribution is 2.24. The number of rotatable bonds is 17. The molecule has 3 aromatic carbocycles. The topological polar surface area (TPSA) is 213 Å². The predicted octanol–water partition coefficient (Wildman–Crippen LogP) is 2.49. The predicted molar refractivity (Wildman–Crippen MR) is 224 cm³/mol. The van der Waals surface area contributed by atoms with Crippen molar-refractivity contribution in [3.8, 4) is 0 Å². The highest BCUT2D eigenvalue weighted by molar-refractivity contribution is 5.97. The Bertz CT molecular complexity index is 2110. The number of likely N-dealkylation sites (tertiary alicyclic amines) is 2. The molecule has 14 nitrogen and oxygen atoms in total. The van der Waals surface area contributed by atoms with Gasteiger partial charge >= 0.3 is 0 Å². The zero-order chi connectivity index (χ0) is 42.1. The Labute approximate surface area is 344 Å². The van der Waals surface area contributed by atoms with Crippen LogP contribution in [0.5, 0.6) is 0 Å². The standard InChI is InChI=1S/C45H56N8O6/c1-28(2)23-35(40(47)54)49-41(55)36(26-31-27-48-34-18-10-9-17-32(31)34)50-42(56)39-20-12-22-53(39)45(59)37(25-30-15-7-4-8-16-30)51-43(57)38-19-11-21-52(38)44(58)33(46)24-29-13-5-3-6-14-29/h3-10,13-18,27-28,33,35-39,48H,11-12,19-26,46H2,1-2H3,(H2,47,54)(H,49,55)(H,50,56)(H,51,57). The number of para-hydroxylation sites is 1.